The molecule has 26 heavy (non-hydrogen) atoms. The van der Waals surface area contributed by atoms with Crippen molar-refractivity contribution in [3.05, 3.63) is 58.6 Å². The summed E-state index contributed by atoms with van der Waals surface area (Å²) >= 11 is 1.75. The Hall–Kier alpha value is -2.09. The summed E-state index contributed by atoms with van der Waals surface area (Å²) in [5.41, 5.74) is 1.01. The quantitative estimate of drug-likeness (QED) is 0.693. The molecule has 7 heteroatoms. The number of aromatic nitrogens is 4. The van der Waals surface area contributed by atoms with Gasteiger partial charge in [0.1, 0.15) is 5.82 Å². The maximum absolute atomic E-state index is 4.94. The topological polar surface area (TPSA) is 50.1 Å². The van der Waals surface area contributed by atoms with E-state index in [9.17, 15) is 0 Å². The van der Waals surface area contributed by atoms with E-state index in [2.05, 4.69) is 46.3 Å². The third kappa shape index (κ3) is 3.70. The molecule has 0 N–H and O–H groups in total. The Bertz CT molecular complexity index is 821. The molecule has 3 aromatic heterocycles. The van der Waals surface area contributed by atoms with Crippen molar-refractivity contribution in [3.8, 4) is 5.69 Å². The molecular formula is C19H24N6S. The van der Waals surface area contributed by atoms with Crippen molar-refractivity contribution in [2.24, 2.45) is 0 Å². The lowest BCUT2D eigenvalue weighted by Crippen LogP contribution is -2.45. The van der Waals surface area contributed by atoms with E-state index in [0.29, 0.717) is 0 Å². The van der Waals surface area contributed by atoms with Gasteiger partial charge in [0.15, 0.2) is 5.82 Å². The maximum Gasteiger partial charge on any atom is 0.156 e. The predicted octanol–water partition coefficient (Wildman–Crippen LogP) is 2.62. The second-order valence-corrected chi connectivity index (χ2v) is 7.81. The summed E-state index contributed by atoms with van der Waals surface area (Å²) < 4.78 is 1.99. The van der Waals surface area contributed by atoms with Gasteiger partial charge in [0.05, 0.1) is 11.7 Å². The monoisotopic (exact) mass is 368 g/mol. The largest absolute Gasteiger partial charge is 0.304 e. The molecule has 0 spiro atoms. The second kappa shape index (κ2) is 7.65. The Balaban J connectivity index is 1.66. The van der Waals surface area contributed by atoms with Crippen LogP contribution >= 0.6 is 11.3 Å². The lowest BCUT2D eigenvalue weighted by atomic mass is 10.2. The average molecular weight is 369 g/mol. The number of nitrogens with zero attached hydrogens (tertiary/aromatic N) is 6. The zero-order valence-electron chi connectivity index (χ0n) is 15.2. The summed E-state index contributed by atoms with van der Waals surface area (Å²) in [6, 6.07) is 8.42. The Kier molecular flexibility index (Phi) is 5.10. The van der Waals surface area contributed by atoms with Crippen LogP contribution in [-0.4, -0.2) is 62.8 Å². The van der Waals surface area contributed by atoms with E-state index < -0.39 is 0 Å². The molecule has 1 fully saturated rings. The van der Waals surface area contributed by atoms with Crippen LogP contribution in [0.15, 0.2) is 42.0 Å². The van der Waals surface area contributed by atoms with Gasteiger partial charge >= 0.3 is 0 Å². The molecule has 0 amide bonds. The molecule has 1 atom stereocenters. The maximum atomic E-state index is 4.94. The fraction of sp³-hybridized carbons (Fsp3) is 0.421. The van der Waals surface area contributed by atoms with Crippen molar-refractivity contribution in [2.45, 2.75) is 19.4 Å². The molecule has 4 heterocycles. The van der Waals surface area contributed by atoms with Gasteiger partial charge in [-0.05, 0) is 37.6 Å². The van der Waals surface area contributed by atoms with Gasteiger partial charge in [-0.15, -0.1) is 11.3 Å². The van der Waals surface area contributed by atoms with E-state index in [1.165, 1.54) is 4.88 Å². The normalized spacial score (nSPS) is 17.5. The van der Waals surface area contributed by atoms with E-state index in [1.54, 1.807) is 23.7 Å². The first-order valence-electron chi connectivity index (χ1n) is 9.02. The van der Waals surface area contributed by atoms with Gasteiger partial charge in [-0.25, -0.2) is 9.67 Å². The molecule has 6 nitrogen and oxygen atoms in total. The molecule has 3 aromatic rings. The zero-order chi connectivity index (χ0) is 17.9. The van der Waals surface area contributed by atoms with Gasteiger partial charge in [0.25, 0.3) is 0 Å². The number of thiophene rings is 1. The lowest BCUT2D eigenvalue weighted by Gasteiger charge is -2.35. The first-order valence-corrected chi connectivity index (χ1v) is 9.90. The minimum absolute atomic E-state index is 0.224. The summed E-state index contributed by atoms with van der Waals surface area (Å²) in [6.45, 7) is 6.54. The summed E-state index contributed by atoms with van der Waals surface area (Å²) in [6.07, 6.45) is 4.39. The van der Waals surface area contributed by atoms with E-state index in [1.807, 2.05) is 16.8 Å². The molecule has 1 aliphatic heterocycles. The van der Waals surface area contributed by atoms with Crippen LogP contribution in [-0.2, 0) is 6.42 Å². The average Bonchev–Trinajstić information content (AvgIpc) is 3.33. The van der Waals surface area contributed by atoms with Crippen LogP contribution in [0.2, 0.25) is 0 Å². The van der Waals surface area contributed by atoms with E-state index in [-0.39, 0.29) is 6.04 Å². The minimum Gasteiger partial charge on any atom is -0.304 e. The number of pyridine rings is 1. The molecule has 0 aromatic carbocycles. The van der Waals surface area contributed by atoms with Crippen LogP contribution in [0.4, 0.5) is 0 Å². The van der Waals surface area contributed by atoms with Crippen LogP contribution < -0.4 is 0 Å². The van der Waals surface area contributed by atoms with Crippen molar-refractivity contribution >= 4 is 11.3 Å². The van der Waals surface area contributed by atoms with Crippen molar-refractivity contribution in [2.75, 3.05) is 33.2 Å². The lowest BCUT2D eigenvalue weighted by molar-refractivity contribution is 0.114. The van der Waals surface area contributed by atoms with E-state index in [0.717, 1.165) is 49.9 Å². The van der Waals surface area contributed by atoms with Gasteiger partial charge in [0, 0.05) is 49.9 Å². The van der Waals surface area contributed by atoms with Gasteiger partial charge in [-0.2, -0.15) is 5.10 Å². The van der Waals surface area contributed by atoms with Gasteiger partial charge in [-0.1, -0.05) is 6.07 Å². The third-order valence-corrected chi connectivity index (χ3v) is 5.83. The first-order chi connectivity index (χ1) is 12.7. The standard InChI is InChI=1S/C19H24N6S/c1-15(24-11-9-23(2)10-12-24)19-21-18(14-17-4-3-13-26-17)22-25(19)16-5-7-20-8-6-16/h3-8,13,15H,9-12,14H2,1-2H3. The molecule has 0 aliphatic carbocycles. The Morgan fingerprint density at radius 2 is 1.88 bits per heavy atom. The molecule has 136 valence electrons. The van der Waals surface area contributed by atoms with E-state index >= 15 is 0 Å². The molecule has 0 bridgehead atoms. The molecular weight excluding hydrogens is 344 g/mol. The minimum atomic E-state index is 0.224. The van der Waals surface area contributed by atoms with Crippen LogP contribution in [0.3, 0.4) is 0 Å². The van der Waals surface area contributed by atoms with Crippen molar-refractivity contribution in [1.82, 2.24) is 29.5 Å². The Morgan fingerprint density at radius 1 is 1.12 bits per heavy atom. The number of hydrogen-bond donors (Lipinski definition) is 0. The van der Waals surface area contributed by atoms with Crippen molar-refractivity contribution in [3.63, 3.8) is 0 Å². The highest BCUT2D eigenvalue weighted by molar-refractivity contribution is 7.09. The smallest absolute Gasteiger partial charge is 0.156 e. The van der Waals surface area contributed by atoms with Crippen molar-refractivity contribution in [1.29, 1.82) is 0 Å². The molecule has 0 saturated carbocycles. The fourth-order valence-electron chi connectivity index (χ4n) is 3.33. The third-order valence-electron chi connectivity index (χ3n) is 4.96. The predicted molar refractivity (Wildman–Crippen MR) is 104 cm³/mol. The van der Waals surface area contributed by atoms with Gasteiger partial charge in [-0.3, -0.25) is 9.88 Å². The van der Waals surface area contributed by atoms with Gasteiger partial charge in [0.2, 0.25) is 0 Å². The number of rotatable bonds is 5. The first kappa shape index (κ1) is 17.3. The number of piperazine rings is 1. The SMILES string of the molecule is CC(c1nc(Cc2cccs2)nn1-c1ccncc1)N1CCN(C)CC1. The van der Waals surface area contributed by atoms with Crippen LogP contribution in [0, 0.1) is 0 Å². The van der Waals surface area contributed by atoms with Gasteiger partial charge < -0.3 is 4.90 Å². The fourth-order valence-corrected chi connectivity index (χ4v) is 4.03. The Morgan fingerprint density at radius 3 is 2.58 bits per heavy atom. The summed E-state index contributed by atoms with van der Waals surface area (Å²) in [7, 11) is 2.18. The summed E-state index contributed by atoms with van der Waals surface area (Å²) in [5.74, 6) is 1.88. The molecule has 0 radical (unpaired) electrons. The molecule has 1 aliphatic rings. The van der Waals surface area contributed by atoms with E-state index in [4.69, 9.17) is 10.1 Å². The second-order valence-electron chi connectivity index (χ2n) is 6.77. The Labute approximate surface area is 158 Å². The van der Waals surface area contributed by atoms with Crippen molar-refractivity contribution < 1.29 is 0 Å². The highest BCUT2D eigenvalue weighted by atomic mass is 32.1. The zero-order valence-corrected chi connectivity index (χ0v) is 16.1. The van der Waals surface area contributed by atoms with Crippen LogP contribution in [0.1, 0.15) is 29.5 Å². The highest BCUT2D eigenvalue weighted by Gasteiger charge is 2.25. The summed E-state index contributed by atoms with van der Waals surface area (Å²) in [4.78, 5) is 15.2. The highest BCUT2D eigenvalue weighted by Crippen LogP contribution is 2.24. The molecule has 1 saturated heterocycles. The number of likely N-dealkylation sites (N-methyl/N-ethyl adjacent to an activating group) is 1. The summed E-state index contributed by atoms with van der Waals surface area (Å²) in [5, 5.41) is 6.93. The number of hydrogen-bond acceptors (Lipinski definition) is 6. The molecule has 4 rings (SSSR count). The van der Waals surface area contributed by atoms with Crippen LogP contribution in [0.25, 0.3) is 5.69 Å². The molecule has 1 unspecified atom stereocenters. The van der Waals surface area contributed by atoms with Crippen LogP contribution in [0.5, 0.6) is 0 Å².